The van der Waals surface area contributed by atoms with E-state index in [-0.39, 0.29) is 42.4 Å². The Labute approximate surface area is 175 Å². The molecule has 1 aliphatic heterocycles. The number of aliphatic hydroxyl groups excluding tert-OH is 1. The first-order chi connectivity index (χ1) is 12.7. The monoisotopic (exact) mass is 489 g/mol. The predicted molar refractivity (Wildman–Crippen MR) is 113 cm³/mol. The molecule has 0 aromatic carbocycles. The van der Waals surface area contributed by atoms with E-state index < -0.39 is 6.10 Å². The fraction of sp³-hybridized carbons (Fsp3) is 0.444. The van der Waals surface area contributed by atoms with E-state index in [0.29, 0.717) is 30.6 Å². The van der Waals surface area contributed by atoms with E-state index in [0.717, 1.165) is 13.0 Å². The van der Waals surface area contributed by atoms with Gasteiger partial charge in [-0.1, -0.05) is 0 Å². The maximum absolute atomic E-state index is 13.9. The molecule has 0 spiro atoms. The number of pyridine rings is 1. The summed E-state index contributed by atoms with van der Waals surface area (Å²) in [7, 11) is 0. The van der Waals surface area contributed by atoms with Gasteiger partial charge in [-0.25, -0.2) is 9.37 Å². The Balaban J connectivity index is 0.00000261. The molecule has 2 aromatic rings. The first kappa shape index (κ1) is 21.4. The molecule has 0 aliphatic carbocycles. The Kier molecular flexibility index (Phi) is 8.29. The van der Waals surface area contributed by atoms with E-state index in [2.05, 4.69) is 20.6 Å². The molecule has 148 valence electrons. The minimum absolute atomic E-state index is 0. The molecule has 2 aromatic heterocycles. The number of aliphatic imine (C=N–C) groups is 1. The van der Waals surface area contributed by atoms with E-state index in [1.54, 1.807) is 24.4 Å². The molecule has 0 bridgehead atoms. The zero-order chi connectivity index (χ0) is 18.4. The summed E-state index contributed by atoms with van der Waals surface area (Å²) in [6.45, 7) is 4.23. The lowest BCUT2D eigenvalue weighted by atomic mass is 10.2. The molecule has 9 heteroatoms. The fourth-order valence-electron chi connectivity index (χ4n) is 2.94. The van der Waals surface area contributed by atoms with E-state index >= 15 is 0 Å². The largest absolute Gasteiger partial charge is 0.467 e. The summed E-state index contributed by atoms with van der Waals surface area (Å²) in [6, 6.07) is 6.58. The molecule has 2 unspecified atom stereocenters. The van der Waals surface area contributed by atoms with Gasteiger partial charge in [-0.2, -0.15) is 0 Å². The van der Waals surface area contributed by atoms with Crippen LogP contribution in [0.5, 0.6) is 0 Å². The number of aliphatic hydroxyl groups is 1. The second-order valence-corrected chi connectivity index (χ2v) is 6.14. The van der Waals surface area contributed by atoms with E-state index in [1.165, 1.54) is 12.3 Å². The third-order valence-corrected chi connectivity index (χ3v) is 4.21. The van der Waals surface area contributed by atoms with Gasteiger partial charge in [-0.05, 0) is 37.6 Å². The molecule has 1 aliphatic rings. The van der Waals surface area contributed by atoms with Gasteiger partial charge in [-0.15, -0.1) is 24.0 Å². The summed E-state index contributed by atoms with van der Waals surface area (Å²) in [5.74, 6) is 1.18. The van der Waals surface area contributed by atoms with E-state index in [1.807, 2.05) is 11.8 Å². The standard InChI is InChI=1S/C18H24FN5O2.HI/c1-2-20-18(22-11-15(25)16-6-4-10-26-16)23-13-7-9-24(12-13)17-14(19)5-3-8-21-17;/h3-6,8,10,13,15,25H,2,7,9,11-12H2,1H3,(H2,20,22,23);1H. The maximum Gasteiger partial charge on any atom is 0.191 e. The van der Waals surface area contributed by atoms with Crippen LogP contribution in [0.3, 0.4) is 0 Å². The molecular weight excluding hydrogens is 464 g/mol. The number of hydrogen-bond donors (Lipinski definition) is 3. The fourth-order valence-corrected chi connectivity index (χ4v) is 2.94. The molecular formula is C18H25FIN5O2. The molecule has 7 nitrogen and oxygen atoms in total. The first-order valence-electron chi connectivity index (χ1n) is 8.79. The average Bonchev–Trinajstić information content (AvgIpc) is 3.32. The lowest BCUT2D eigenvalue weighted by Crippen LogP contribution is -2.45. The minimum atomic E-state index is -0.789. The molecule has 3 N–H and O–H groups in total. The van der Waals surface area contributed by atoms with Crippen LogP contribution in [0.25, 0.3) is 0 Å². The molecule has 0 amide bonds. The van der Waals surface area contributed by atoms with Gasteiger partial charge in [0.2, 0.25) is 0 Å². The second-order valence-electron chi connectivity index (χ2n) is 6.14. The number of nitrogens with zero attached hydrogens (tertiary/aromatic N) is 3. The van der Waals surface area contributed by atoms with Gasteiger partial charge < -0.3 is 25.1 Å². The quantitative estimate of drug-likeness (QED) is 0.328. The summed E-state index contributed by atoms with van der Waals surface area (Å²) in [5, 5.41) is 16.6. The van der Waals surface area contributed by atoms with Crippen LogP contribution in [0.1, 0.15) is 25.2 Å². The number of halogens is 2. The molecule has 3 heterocycles. The van der Waals surface area contributed by atoms with Crippen molar-refractivity contribution in [1.29, 1.82) is 0 Å². The zero-order valence-corrected chi connectivity index (χ0v) is 17.5. The van der Waals surface area contributed by atoms with E-state index in [9.17, 15) is 9.50 Å². The molecule has 1 fully saturated rings. The van der Waals surface area contributed by atoms with Crippen LogP contribution in [0.4, 0.5) is 10.2 Å². The van der Waals surface area contributed by atoms with Crippen molar-refractivity contribution in [3.63, 3.8) is 0 Å². The third kappa shape index (κ3) is 5.80. The van der Waals surface area contributed by atoms with Gasteiger partial charge in [0, 0.05) is 31.9 Å². The Morgan fingerprint density at radius 1 is 1.48 bits per heavy atom. The highest BCUT2D eigenvalue weighted by Gasteiger charge is 2.26. The SMILES string of the molecule is CCNC(=NCC(O)c1ccco1)NC1CCN(c2ncccc2F)C1.I. The highest BCUT2D eigenvalue weighted by atomic mass is 127. The van der Waals surface area contributed by atoms with Gasteiger partial charge in [0.25, 0.3) is 0 Å². The molecule has 0 saturated carbocycles. The van der Waals surface area contributed by atoms with Crippen LogP contribution in [0, 0.1) is 5.82 Å². The lowest BCUT2D eigenvalue weighted by molar-refractivity contribution is 0.158. The van der Waals surface area contributed by atoms with Gasteiger partial charge in [0.05, 0.1) is 12.8 Å². The van der Waals surface area contributed by atoms with Crippen LogP contribution >= 0.6 is 24.0 Å². The third-order valence-electron chi connectivity index (χ3n) is 4.21. The number of furan rings is 1. The molecule has 3 rings (SSSR count). The topological polar surface area (TPSA) is 85.9 Å². The van der Waals surface area contributed by atoms with Crippen LogP contribution in [-0.2, 0) is 0 Å². The minimum Gasteiger partial charge on any atom is -0.467 e. The van der Waals surface area contributed by atoms with Gasteiger partial charge in [0.1, 0.15) is 11.9 Å². The summed E-state index contributed by atoms with van der Waals surface area (Å²) in [5.41, 5.74) is 0. The van der Waals surface area contributed by atoms with Crippen LogP contribution in [-0.4, -0.2) is 48.3 Å². The smallest absolute Gasteiger partial charge is 0.191 e. The summed E-state index contributed by atoms with van der Waals surface area (Å²) in [4.78, 5) is 10.5. The number of aromatic nitrogens is 1. The number of hydrogen-bond acceptors (Lipinski definition) is 5. The first-order valence-corrected chi connectivity index (χ1v) is 8.79. The number of anilines is 1. The van der Waals surface area contributed by atoms with Crippen LogP contribution < -0.4 is 15.5 Å². The Bertz CT molecular complexity index is 728. The lowest BCUT2D eigenvalue weighted by Gasteiger charge is -2.20. The predicted octanol–water partition coefficient (Wildman–Crippen LogP) is 2.30. The number of nitrogens with one attached hydrogen (secondary N) is 2. The average molecular weight is 489 g/mol. The maximum atomic E-state index is 13.9. The summed E-state index contributed by atoms with van der Waals surface area (Å²) < 4.78 is 19.1. The van der Waals surface area contributed by atoms with Gasteiger partial charge >= 0.3 is 0 Å². The highest BCUT2D eigenvalue weighted by Crippen LogP contribution is 2.20. The van der Waals surface area contributed by atoms with Crippen molar-refractivity contribution >= 4 is 35.8 Å². The van der Waals surface area contributed by atoms with Gasteiger partial charge in [0.15, 0.2) is 17.6 Å². The molecule has 0 radical (unpaired) electrons. The van der Waals surface area contributed by atoms with E-state index in [4.69, 9.17) is 4.42 Å². The van der Waals surface area contributed by atoms with Gasteiger partial charge in [-0.3, -0.25) is 4.99 Å². The molecule has 1 saturated heterocycles. The Hall–Kier alpha value is -1.88. The Morgan fingerprint density at radius 2 is 2.33 bits per heavy atom. The zero-order valence-electron chi connectivity index (χ0n) is 15.1. The van der Waals surface area contributed by atoms with Crippen LogP contribution in [0.2, 0.25) is 0 Å². The highest BCUT2D eigenvalue weighted by molar-refractivity contribution is 14.0. The van der Waals surface area contributed by atoms with Crippen molar-refractivity contribution in [3.05, 3.63) is 48.3 Å². The molecule has 27 heavy (non-hydrogen) atoms. The summed E-state index contributed by atoms with van der Waals surface area (Å²) in [6.07, 6.45) is 3.18. The van der Waals surface area contributed by atoms with Crippen molar-refractivity contribution in [2.24, 2.45) is 4.99 Å². The Morgan fingerprint density at radius 3 is 3.04 bits per heavy atom. The number of guanidine groups is 1. The molecule has 2 atom stereocenters. The van der Waals surface area contributed by atoms with Crippen molar-refractivity contribution in [1.82, 2.24) is 15.6 Å². The normalized spacial score (nSPS) is 18.1. The number of rotatable bonds is 6. The van der Waals surface area contributed by atoms with Crippen molar-refractivity contribution in [2.45, 2.75) is 25.5 Å². The van der Waals surface area contributed by atoms with Crippen LogP contribution in [0.15, 0.2) is 46.1 Å². The summed E-state index contributed by atoms with van der Waals surface area (Å²) >= 11 is 0. The van der Waals surface area contributed by atoms with Crippen molar-refractivity contribution < 1.29 is 13.9 Å². The van der Waals surface area contributed by atoms with Crippen molar-refractivity contribution in [2.75, 3.05) is 31.1 Å². The van der Waals surface area contributed by atoms with Crippen molar-refractivity contribution in [3.8, 4) is 0 Å². The second kappa shape index (κ2) is 10.5.